The van der Waals surface area contributed by atoms with Crippen molar-refractivity contribution in [1.29, 1.82) is 0 Å². The molecule has 0 radical (unpaired) electrons. The summed E-state index contributed by atoms with van der Waals surface area (Å²) in [6.45, 7) is 1.90. The lowest BCUT2D eigenvalue weighted by molar-refractivity contribution is -0.147. The Morgan fingerprint density at radius 2 is 1.74 bits per heavy atom. The van der Waals surface area contributed by atoms with Gasteiger partial charge in [-0.15, -0.1) is 0 Å². The maximum atomic E-state index is 12.1. The van der Waals surface area contributed by atoms with Gasteiger partial charge in [0.25, 0.3) is 0 Å². The number of methoxy groups -OCH3 is 2. The van der Waals surface area contributed by atoms with E-state index in [1.54, 1.807) is 7.11 Å². The van der Waals surface area contributed by atoms with Gasteiger partial charge in [-0.05, 0) is 43.6 Å². The zero-order valence-electron chi connectivity index (χ0n) is 11.6. The van der Waals surface area contributed by atoms with Crippen LogP contribution >= 0.6 is 0 Å². The largest absolute Gasteiger partial charge is 0.497 e. The summed E-state index contributed by atoms with van der Waals surface area (Å²) in [6, 6.07) is 7.35. The minimum atomic E-state index is -0.295. The molecule has 4 nitrogen and oxygen atoms in total. The van der Waals surface area contributed by atoms with Crippen LogP contribution in [-0.2, 0) is 9.53 Å². The first kappa shape index (κ1) is 13.9. The summed E-state index contributed by atoms with van der Waals surface area (Å²) in [4.78, 5) is 14.3. The number of hydrogen-bond acceptors (Lipinski definition) is 4. The van der Waals surface area contributed by atoms with Gasteiger partial charge in [-0.2, -0.15) is 0 Å². The van der Waals surface area contributed by atoms with Crippen LogP contribution in [0.5, 0.6) is 5.75 Å². The predicted molar refractivity (Wildman–Crippen MR) is 73.2 cm³/mol. The van der Waals surface area contributed by atoms with Gasteiger partial charge in [0.1, 0.15) is 11.8 Å². The standard InChI is InChI=1S/C15H21NO3/c1-18-13-8-6-12(7-9-13)14(15(17)19-2)16-10-4-3-5-11-16/h6-9,14H,3-5,10-11H2,1-2H3/t14-/m1/s1. The van der Waals surface area contributed by atoms with E-state index in [4.69, 9.17) is 9.47 Å². The molecule has 1 aliphatic heterocycles. The maximum Gasteiger partial charge on any atom is 0.327 e. The van der Waals surface area contributed by atoms with Gasteiger partial charge in [0.05, 0.1) is 14.2 Å². The van der Waals surface area contributed by atoms with E-state index in [-0.39, 0.29) is 12.0 Å². The number of carbonyl (C=O) groups excluding carboxylic acids is 1. The summed E-state index contributed by atoms with van der Waals surface area (Å²) in [5.41, 5.74) is 0.967. The van der Waals surface area contributed by atoms with E-state index in [2.05, 4.69) is 4.90 Å². The second-order valence-corrected chi connectivity index (χ2v) is 4.80. The SMILES string of the molecule is COC(=O)[C@@H](c1ccc(OC)cc1)N1CCCCC1. The molecule has 1 fully saturated rings. The number of nitrogens with zero attached hydrogens (tertiary/aromatic N) is 1. The molecule has 104 valence electrons. The third-order valence-electron chi connectivity index (χ3n) is 3.61. The van der Waals surface area contributed by atoms with Crippen molar-refractivity contribution in [3.8, 4) is 5.75 Å². The third kappa shape index (κ3) is 3.26. The van der Waals surface area contributed by atoms with E-state index in [9.17, 15) is 4.79 Å². The quantitative estimate of drug-likeness (QED) is 0.782. The van der Waals surface area contributed by atoms with Crippen LogP contribution < -0.4 is 4.74 Å². The van der Waals surface area contributed by atoms with Crippen molar-refractivity contribution >= 4 is 5.97 Å². The highest BCUT2D eigenvalue weighted by Gasteiger charge is 2.29. The summed E-state index contributed by atoms with van der Waals surface area (Å²) in [6.07, 6.45) is 3.53. The molecule has 0 unspecified atom stereocenters. The predicted octanol–water partition coefficient (Wildman–Crippen LogP) is 2.40. The maximum absolute atomic E-state index is 12.1. The van der Waals surface area contributed by atoms with Crippen LogP contribution in [0.15, 0.2) is 24.3 Å². The molecule has 0 aromatic heterocycles. The molecule has 19 heavy (non-hydrogen) atoms. The van der Waals surface area contributed by atoms with Crippen LogP contribution in [-0.4, -0.2) is 38.2 Å². The van der Waals surface area contributed by atoms with E-state index in [1.165, 1.54) is 13.5 Å². The molecule has 4 heteroatoms. The lowest BCUT2D eigenvalue weighted by Crippen LogP contribution is -2.38. The summed E-state index contributed by atoms with van der Waals surface area (Å²) < 4.78 is 10.1. The van der Waals surface area contributed by atoms with Crippen molar-refractivity contribution in [3.05, 3.63) is 29.8 Å². The molecular formula is C15H21NO3. The van der Waals surface area contributed by atoms with Crippen molar-refractivity contribution < 1.29 is 14.3 Å². The Labute approximate surface area is 114 Å². The zero-order valence-corrected chi connectivity index (χ0v) is 11.6. The fraction of sp³-hybridized carbons (Fsp3) is 0.533. The fourth-order valence-corrected chi connectivity index (χ4v) is 2.57. The Morgan fingerprint density at radius 1 is 1.11 bits per heavy atom. The van der Waals surface area contributed by atoms with Gasteiger partial charge < -0.3 is 9.47 Å². The Bertz CT molecular complexity index is 410. The molecule has 2 rings (SSSR count). The van der Waals surface area contributed by atoms with Crippen molar-refractivity contribution in [2.24, 2.45) is 0 Å². The topological polar surface area (TPSA) is 38.8 Å². The Balaban J connectivity index is 2.22. The number of piperidine rings is 1. The molecule has 1 aromatic carbocycles. The van der Waals surface area contributed by atoms with Crippen molar-refractivity contribution in [3.63, 3.8) is 0 Å². The van der Waals surface area contributed by atoms with Gasteiger partial charge in [0.2, 0.25) is 0 Å². The number of hydrogen-bond donors (Lipinski definition) is 0. The van der Waals surface area contributed by atoms with Gasteiger partial charge in [-0.3, -0.25) is 4.90 Å². The molecule has 0 aliphatic carbocycles. The Hall–Kier alpha value is -1.55. The number of benzene rings is 1. The number of likely N-dealkylation sites (tertiary alicyclic amines) is 1. The van der Waals surface area contributed by atoms with Gasteiger partial charge >= 0.3 is 5.97 Å². The van der Waals surface area contributed by atoms with Crippen molar-refractivity contribution in [1.82, 2.24) is 4.90 Å². The van der Waals surface area contributed by atoms with Crippen LogP contribution in [0.1, 0.15) is 30.9 Å². The summed E-state index contributed by atoms with van der Waals surface area (Å²) in [7, 11) is 3.08. The third-order valence-corrected chi connectivity index (χ3v) is 3.61. The highest BCUT2D eigenvalue weighted by molar-refractivity contribution is 5.77. The van der Waals surface area contributed by atoms with Gasteiger partial charge in [0, 0.05) is 0 Å². The second-order valence-electron chi connectivity index (χ2n) is 4.80. The van der Waals surface area contributed by atoms with Crippen LogP contribution in [0.4, 0.5) is 0 Å². The average Bonchev–Trinajstić information content (AvgIpc) is 2.49. The molecule has 0 N–H and O–H groups in total. The number of rotatable bonds is 4. The normalized spacial score (nSPS) is 17.8. The van der Waals surface area contributed by atoms with Gasteiger partial charge in [0.15, 0.2) is 0 Å². The lowest BCUT2D eigenvalue weighted by Gasteiger charge is -2.33. The molecule has 1 aromatic rings. The molecule has 1 saturated heterocycles. The van der Waals surface area contributed by atoms with E-state index in [0.717, 1.165) is 37.2 Å². The number of carbonyl (C=O) groups is 1. The Morgan fingerprint density at radius 3 is 2.26 bits per heavy atom. The molecule has 1 heterocycles. The monoisotopic (exact) mass is 263 g/mol. The summed E-state index contributed by atoms with van der Waals surface area (Å²) in [5, 5.41) is 0. The highest BCUT2D eigenvalue weighted by Crippen LogP contribution is 2.27. The number of ether oxygens (including phenoxy) is 2. The van der Waals surface area contributed by atoms with E-state index < -0.39 is 0 Å². The second kappa shape index (κ2) is 6.57. The van der Waals surface area contributed by atoms with Crippen molar-refractivity contribution in [2.45, 2.75) is 25.3 Å². The first-order valence-electron chi connectivity index (χ1n) is 6.72. The molecule has 1 atom stereocenters. The minimum absolute atomic E-state index is 0.188. The van der Waals surface area contributed by atoms with Gasteiger partial charge in [-0.25, -0.2) is 4.79 Å². The minimum Gasteiger partial charge on any atom is -0.497 e. The lowest BCUT2D eigenvalue weighted by atomic mass is 10.0. The number of esters is 1. The van der Waals surface area contributed by atoms with Crippen LogP contribution in [0.3, 0.4) is 0 Å². The van der Waals surface area contributed by atoms with Crippen LogP contribution in [0.2, 0.25) is 0 Å². The first-order chi connectivity index (χ1) is 9.26. The highest BCUT2D eigenvalue weighted by atomic mass is 16.5. The van der Waals surface area contributed by atoms with Gasteiger partial charge in [-0.1, -0.05) is 18.6 Å². The molecular weight excluding hydrogens is 242 g/mol. The molecule has 0 amide bonds. The van der Waals surface area contributed by atoms with Crippen LogP contribution in [0, 0.1) is 0 Å². The summed E-state index contributed by atoms with van der Waals surface area (Å²) in [5.74, 6) is 0.609. The molecule has 0 spiro atoms. The smallest absolute Gasteiger partial charge is 0.327 e. The Kier molecular flexibility index (Phi) is 4.80. The van der Waals surface area contributed by atoms with E-state index in [1.807, 2.05) is 24.3 Å². The zero-order chi connectivity index (χ0) is 13.7. The van der Waals surface area contributed by atoms with E-state index in [0.29, 0.717) is 0 Å². The average molecular weight is 263 g/mol. The summed E-state index contributed by atoms with van der Waals surface area (Å²) >= 11 is 0. The first-order valence-corrected chi connectivity index (χ1v) is 6.72. The molecule has 0 bridgehead atoms. The molecule has 1 aliphatic rings. The van der Waals surface area contributed by atoms with Crippen LogP contribution in [0.25, 0.3) is 0 Å². The fourth-order valence-electron chi connectivity index (χ4n) is 2.57. The van der Waals surface area contributed by atoms with Crippen molar-refractivity contribution in [2.75, 3.05) is 27.3 Å². The molecule has 0 saturated carbocycles. The van der Waals surface area contributed by atoms with E-state index >= 15 is 0 Å².